The second-order valence-electron chi connectivity index (χ2n) is 5.45. The number of fused-ring (bicyclic) bond motifs is 1. The first kappa shape index (κ1) is 14.3. The summed E-state index contributed by atoms with van der Waals surface area (Å²) in [4.78, 5) is 16.5. The molecule has 4 rings (SSSR count). The lowest BCUT2D eigenvalue weighted by Crippen LogP contribution is -2.04. The van der Waals surface area contributed by atoms with Crippen LogP contribution in [0.5, 0.6) is 5.75 Å². The molecule has 0 unspecified atom stereocenters. The molecule has 24 heavy (non-hydrogen) atoms. The van der Waals surface area contributed by atoms with Gasteiger partial charge in [0.25, 0.3) is 5.56 Å². The number of aliphatic imine (C=N–C) groups is 1. The summed E-state index contributed by atoms with van der Waals surface area (Å²) < 4.78 is 5.73. The number of aromatic nitrogens is 2. The maximum Gasteiger partial charge on any atom is 0.271 e. The number of ether oxygens (including phenoxy) is 1. The van der Waals surface area contributed by atoms with Crippen molar-refractivity contribution in [3.8, 4) is 5.75 Å². The van der Waals surface area contributed by atoms with E-state index in [1.807, 2.05) is 60.7 Å². The number of para-hydroxylation sites is 2. The molecule has 0 fully saturated rings. The van der Waals surface area contributed by atoms with Crippen LogP contribution in [0.3, 0.4) is 0 Å². The normalized spacial score (nSPS) is 14.1. The first-order chi connectivity index (χ1) is 11.8. The van der Waals surface area contributed by atoms with Gasteiger partial charge < -0.3 is 4.74 Å². The minimum absolute atomic E-state index is 0.174. The number of hydrogen-bond acceptors (Lipinski definition) is 3. The Morgan fingerprint density at radius 3 is 2.67 bits per heavy atom. The summed E-state index contributed by atoms with van der Waals surface area (Å²) in [7, 11) is 0. The number of hydrogen-bond donors (Lipinski definition) is 2. The first-order valence-electron chi connectivity index (χ1n) is 7.64. The van der Waals surface area contributed by atoms with E-state index in [0.717, 1.165) is 22.6 Å². The van der Waals surface area contributed by atoms with Gasteiger partial charge in [-0.25, -0.2) is 0 Å². The van der Waals surface area contributed by atoms with Gasteiger partial charge in [0, 0.05) is 17.4 Å². The Morgan fingerprint density at radius 2 is 1.79 bits per heavy atom. The monoisotopic (exact) mass is 317 g/mol. The van der Waals surface area contributed by atoms with Crippen molar-refractivity contribution in [3.63, 3.8) is 0 Å². The Balaban J connectivity index is 1.63. The topological polar surface area (TPSA) is 70.2 Å². The van der Waals surface area contributed by atoms with E-state index in [0.29, 0.717) is 11.3 Å². The summed E-state index contributed by atoms with van der Waals surface area (Å²) in [6, 6.07) is 17.4. The van der Waals surface area contributed by atoms with Crippen LogP contribution >= 0.6 is 0 Å². The molecule has 5 heteroatoms. The molecule has 1 aliphatic heterocycles. The van der Waals surface area contributed by atoms with Crippen molar-refractivity contribution in [2.75, 3.05) is 0 Å². The van der Waals surface area contributed by atoms with Gasteiger partial charge in [-0.15, -0.1) is 0 Å². The first-order valence-corrected chi connectivity index (χ1v) is 7.64. The van der Waals surface area contributed by atoms with E-state index in [1.54, 1.807) is 6.21 Å². The fourth-order valence-electron chi connectivity index (χ4n) is 2.65. The number of nitrogens with one attached hydrogen (secondary N) is 2. The quantitative estimate of drug-likeness (QED) is 0.772. The molecule has 0 atom stereocenters. The molecular formula is C19H15N3O2. The number of nitrogens with zero attached hydrogens (tertiary/aromatic N) is 1. The van der Waals surface area contributed by atoms with E-state index in [2.05, 4.69) is 15.2 Å². The lowest BCUT2D eigenvalue weighted by atomic mass is 10.0. The minimum atomic E-state index is -0.174. The van der Waals surface area contributed by atoms with Crippen molar-refractivity contribution in [1.29, 1.82) is 0 Å². The molecule has 3 aromatic rings. The predicted octanol–water partition coefficient (Wildman–Crippen LogP) is 3.54. The van der Waals surface area contributed by atoms with Gasteiger partial charge in [0.2, 0.25) is 0 Å². The molecule has 2 aromatic carbocycles. The molecule has 0 aliphatic carbocycles. The molecule has 0 amide bonds. The number of aromatic amines is 2. The Hall–Kier alpha value is -3.34. The van der Waals surface area contributed by atoms with Gasteiger partial charge in [-0.2, -0.15) is 0 Å². The zero-order valence-electron chi connectivity index (χ0n) is 12.8. The van der Waals surface area contributed by atoms with E-state index in [-0.39, 0.29) is 12.2 Å². The lowest BCUT2D eigenvalue weighted by Gasteiger charge is -2.05. The Labute approximate surface area is 138 Å². The third kappa shape index (κ3) is 2.67. The van der Waals surface area contributed by atoms with Crippen LogP contribution in [0.25, 0.3) is 11.6 Å². The average molecular weight is 317 g/mol. The largest absolute Gasteiger partial charge is 0.487 e. The lowest BCUT2D eigenvalue weighted by molar-refractivity contribution is 0.301. The SMILES string of the molecule is O=c1[nH][nH]c(COc2ccccc2)c1/C=C1/C=Nc2ccccc21. The van der Waals surface area contributed by atoms with Crippen LogP contribution in [-0.2, 0) is 6.61 Å². The molecule has 0 spiro atoms. The Bertz CT molecular complexity index is 981. The van der Waals surface area contributed by atoms with Crippen molar-refractivity contribution in [3.05, 3.63) is 81.8 Å². The van der Waals surface area contributed by atoms with Crippen LogP contribution < -0.4 is 10.3 Å². The highest BCUT2D eigenvalue weighted by Gasteiger charge is 2.14. The van der Waals surface area contributed by atoms with Crippen LogP contribution in [-0.4, -0.2) is 16.4 Å². The summed E-state index contributed by atoms with van der Waals surface area (Å²) in [5, 5.41) is 5.51. The molecule has 0 saturated heterocycles. The molecule has 0 saturated carbocycles. The summed E-state index contributed by atoms with van der Waals surface area (Å²) in [6.07, 6.45) is 3.62. The Kier molecular flexibility index (Phi) is 3.59. The van der Waals surface area contributed by atoms with Crippen molar-refractivity contribution in [2.45, 2.75) is 6.61 Å². The van der Waals surface area contributed by atoms with E-state index in [1.165, 1.54) is 0 Å². The maximum atomic E-state index is 12.1. The maximum absolute atomic E-state index is 12.1. The second-order valence-corrected chi connectivity index (χ2v) is 5.45. The Morgan fingerprint density at radius 1 is 1.00 bits per heavy atom. The van der Waals surface area contributed by atoms with Crippen molar-refractivity contribution >= 4 is 23.6 Å². The van der Waals surface area contributed by atoms with E-state index < -0.39 is 0 Å². The third-order valence-electron chi connectivity index (χ3n) is 3.88. The van der Waals surface area contributed by atoms with Crippen molar-refractivity contribution in [1.82, 2.24) is 10.2 Å². The number of benzene rings is 2. The van der Waals surface area contributed by atoms with Gasteiger partial charge in [-0.05, 0) is 24.3 Å². The van der Waals surface area contributed by atoms with Gasteiger partial charge in [-0.1, -0.05) is 36.4 Å². The minimum Gasteiger partial charge on any atom is -0.487 e. The number of rotatable bonds is 4. The van der Waals surface area contributed by atoms with Gasteiger partial charge >= 0.3 is 0 Å². The molecule has 118 valence electrons. The molecule has 2 heterocycles. The summed E-state index contributed by atoms with van der Waals surface area (Å²) in [5.41, 5.74) is 3.94. The molecule has 0 radical (unpaired) electrons. The van der Waals surface area contributed by atoms with Crippen LogP contribution in [0.2, 0.25) is 0 Å². The second kappa shape index (κ2) is 6.04. The molecule has 5 nitrogen and oxygen atoms in total. The highest BCUT2D eigenvalue weighted by Crippen LogP contribution is 2.32. The summed E-state index contributed by atoms with van der Waals surface area (Å²) in [6.45, 7) is 0.278. The van der Waals surface area contributed by atoms with E-state index >= 15 is 0 Å². The highest BCUT2D eigenvalue weighted by molar-refractivity contribution is 6.21. The van der Waals surface area contributed by atoms with Crippen LogP contribution in [0.4, 0.5) is 5.69 Å². The third-order valence-corrected chi connectivity index (χ3v) is 3.88. The van der Waals surface area contributed by atoms with E-state index in [4.69, 9.17) is 4.74 Å². The fourth-order valence-corrected chi connectivity index (χ4v) is 2.65. The molecule has 2 N–H and O–H groups in total. The van der Waals surface area contributed by atoms with Crippen LogP contribution in [0, 0.1) is 0 Å². The van der Waals surface area contributed by atoms with Crippen molar-refractivity contribution in [2.24, 2.45) is 4.99 Å². The highest BCUT2D eigenvalue weighted by atomic mass is 16.5. The molecular weight excluding hydrogens is 302 g/mol. The number of allylic oxidation sites excluding steroid dienone is 1. The van der Waals surface area contributed by atoms with Crippen LogP contribution in [0.1, 0.15) is 16.8 Å². The van der Waals surface area contributed by atoms with Crippen LogP contribution in [0.15, 0.2) is 64.4 Å². The van der Waals surface area contributed by atoms with Gasteiger partial charge in [0.1, 0.15) is 12.4 Å². The molecule has 1 aromatic heterocycles. The van der Waals surface area contributed by atoms with Gasteiger partial charge in [0.15, 0.2) is 0 Å². The smallest absolute Gasteiger partial charge is 0.271 e. The van der Waals surface area contributed by atoms with Crippen molar-refractivity contribution < 1.29 is 4.74 Å². The predicted molar refractivity (Wildman–Crippen MR) is 94.7 cm³/mol. The zero-order chi connectivity index (χ0) is 16.4. The zero-order valence-corrected chi connectivity index (χ0v) is 12.8. The van der Waals surface area contributed by atoms with E-state index in [9.17, 15) is 4.79 Å². The summed E-state index contributed by atoms with van der Waals surface area (Å²) >= 11 is 0. The number of H-pyrrole nitrogens is 2. The standard InChI is InChI=1S/C19H15N3O2/c23-19-16(10-13-11-20-17-9-5-4-8-15(13)17)18(21-22-19)12-24-14-6-2-1-3-7-14/h1-11H,12H2,(H2,21,22,23)/b13-10-. The molecule has 1 aliphatic rings. The average Bonchev–Trinajstić information content (AvgIpc) is 3.19. The molecule has 0 bridgehead atoms. The fraction of sp³-hybridized carbons (Fsp3) is 0.0526. The van der Waals surface area contributed by atoms with Gasteiger partial charge in [0.05, 0.1) is 16.9 Å². The summed E-state index contributed by atoms with van der Waals surface area (Å²) in [5.74, 6) is 0.755. The van der Waals surface area contributed by atoms with Gasteiger partial charge in [-0.3, -0.25) is 20.0 Å².